The monoisotopic (exact) mass is 480 g/mol. The van der Waals surface area contributed by atoms with Gasteiger partial charge >= 0.3 is 11.9 Å². The van der Waals surface area contributed by atoms with Gasteiger partial charge in [-0.1, -0.05) is 110 Å². The SMILES string of the molecule is CCCCCCCCCCCC(CCCCCCCCCC)OC(=O)C1CCC(C(=O)O)CC1. The normalized spacial score (nSPS) is 19.1. The van der Waals surface area contributed by atoms with E-state index < -0.39 is 5.97 Å². The van der Waals surface area contributed by atoms with E-state index in [0.717, 1.165) is 25.7 Å². The van der Waals surface area contributed by atoms with Crippen LogP contribution < -0.4 is 0 Å². The molecule has 0 radical (unpaired) electrons. The Kier molecular flexibility index (Phi) is 19.3. The van der Waals surface area contributed by atoms with Crippen molar-refractivity contribution in [2.75, 3.05) is 0 Å². The van der Waals surface area contributed by atoms with Crippen LogP contribution in [0.15, 0.2) is 0 Å². The van der Waals surface area contributed by atoms with E-state index in [1.54, 1.807) is 0 Å². The Balaban J connectivity index is 2.31. The van der Waals surface area contributed by atoms with Gasteiger partial charge in [0.1, 0.15) is 6.10 Å². The summed E-state index contributed by atoms with van der Waals surface area (Å²) in [6.07, 6.45) is 26.7. The standard InChI is InChI=1S/C30H56O4/c1-3-5-7-9-11-13-15-17-19-21-28(20-18-16-14-12-10-8-6-4-2)34-30(33)27-24-22-26(23-25-27)29(31)32/h26-28H,3-25H2,1-2H3,(H,31,32). The van der Waals surface area contributed by atoms with E-state index in [0.29, 0.717) is 25.7 Å². The second-order valence-corrected chi connectivity index (χ2v) is 10.8. The smallest absolute Gasteiger partial charge is 0.309 e. The van der Waals surface area contributed by atoms with E-state index in [4.69, 9.17) is 4.74 Å². The number of rotatable bonds is 22. The maximum Gasteiger partial charge on any atom is 0.309 e. The van der Waals surface area contributed by atoms with Crippen molar-refractivity contribution in [2.24, 2.45) is 11.8 Å². The molecule has 34 heavy (non-hydrogen) atoms. The van der Waals surface area contributed by atoms with Crippen molar-refractivity contribution >= 4 is 11.9 Å². The molecule has 1 aliphatic carbocycles. The molecule has 1 atom stereocenters. The highest BCUT2D eigenvalue weighted by molar-refractivity contribution is 5.74. The number of carbonyl (C=O) groups excluding carboxylic acids is 1. The average molecular weight is 481 g/mol. The van der Waals surface area contributed by atoms with Crippen LogP contribution in [0.2, 0.25) is 0 Å². The summed E-state index contributed by atoms with van der Waals surface area (Å²) in [4.78, 5) is 24.0. The summed E-state index contributed by atoms with van der Waals surface area (Å²) in [6, 6.07) is 0. The van der Waals surface area contributed by atoms with Crippen LogP contribution in [0, 0.1) is 11.8 Å². The maximum atomic E-state index is 12.8. The Morgan fingerprint density at radius 2 is 0.971 bits per heavy atom. The summed E-state index contributed by atoms with van der Waals surface area (Å²) in [5, 5.41) is 9.21. The highest BCUT2D eigenvalue weighted by Crippen LogP contribution is 2.30. The largest absolute Gasteiger partial charge is 0.481 e. The molecule has 1 saturated carbocycles. The lowest BCUT2D eigenvalue weighted by molar-refractivity contribution is -0.158. The van der Waals surface area contributed by atoms with Gasteiger partial charge in [0, 0.05) is 0 Å². The number of esters is 1. The Labute approximate surface area is 211 Å². The Morgan fingerprint density at radius 1 is 0.618 bits per heavy atom. The van der Waals surface area contributed by atoms with Crippen LogP contribution in [0.3, 0.4) is 0 Å². The van der Waals surface area contributed by atoms with Gasteiger partial charge in [0.05, 0.1) is 11.8 Å². The molecular weight excluding hydrogens is 424 g/mol. The summed E-state index contributed by atoms with van der Waals surface area (Å²) < 4.78 is 6.03. The van der Waals surface area contributed by atoms with Crippen molar-refractivity contribution in [1.29, 1.82) is 0 Å². The number of unbranched alkanes of at least 4 members (excludes halogenated alkanes) is 15. The Hall–Kier alpha value is -1.06. The number of ether oxygens (including phenoxy) is 1. The predicted octanol–water partition coefficient (Wildman–Crippen LogP) is 9.24. The van der Waals surface area contributed by atoms with E-state index in [1.807, 2.05) is 0 Å². The van der Waals surface area contributed by atoms with Crippen molar-refractivity contribution in [3.05, 3.63) is 0 Å². The van der Waals surface area contributed by atoms with Crippen molar-refractivity contribution in [2.45, 2.75) is 168 Å². The molecule has 4 nitrogen and oxygen atoms in total. The first-order valence-corrected chi connectivity index (χ1v) is 15.0. The van der Waals surface area contributed by atoms with Gasteiger partial charge in [0.15, 0.2) is 0 Å². The topological polar surface area (TPSA) is 63.6 Å². The number of aliphatic carboxylic acids is 1. The summed E-state index contributed by atoms with van der Waals surface area (Å²) in [7, 11) is 0. The molecule has 0 saturated heterocycles. The number of hydrogen-bond acceptors (Lipinski definition) is 3. The minimum Gasteiger partial charge on any atom is -0.481 e. The van der Waals surface area contributed by atoms with E-state index in [2.05, 4.69) is 13.8 Å². The fourth-order valence-electron chi connectivity index (χ4n) is 5.29. The van der Waals surface area contributed by atoms with Crippen molar-refractivity contribution < 1.29 is 19.4 Å². The third kappa shape index (κ3) is 15.8. The molecule has 0 aromatic rings. The van der Waals surface area contributed by atoms with E-state index in [1.165, 1.54) is 96.3 Å². The molecule has 0 aromatic heterocycles. The molecule has 1 rings (SSSR count). The Morgan fingerprint density at radius 3 is 1.35 bits per heavy atom. The molecule has 4 heteroatoms. The minimum atomic E-state index is -0.718. The molecule has 1 unspecified atom stereocenters. The lowest BCUT2D eigenvalue weighted by atomic mass is 9.82. The summed E-state index contributed by atoms with van der Waals surface area (Å²) in [5.74, 6) is -1.16. The zero-order valence-corrected chi connectivity index (χ0v) is 22.7. The summed E-state index contributed by atoms with van der Waals surface area (Å²) in [6.45, 7) is 4.52. The second-order valence-electron chi connectivity index (χ2n) is 10.8. The molecular formula is C30H56O4. The molecule has 0 bridgehead atoms. The van der Waals surface area contributed by atoms with Gasteiger partial charge in [-0.2, -0.15) is 0 Å². The first-order chi connectivity index (χ1) is 16.6. The highest BCUT2D eigenvalue weighted by atomic mass is 16.5. The maximum absolute atomic E-state index is 12.8. The van der Waals surface area contributed by atoms with Crippen LogP contribution in [0.5, 0.6) is 0 Å². The summed E-state index contributed by atoms with van der Waals surface area (Å²) >= 11 is 0. The summed E-state index contributed by atoms with van der Waals surface area (Å²) in [5.41, 5.74) is 0. The van der Waals surface area contributed by atoms with Crippen molar-refractivity contribution in [3.63, 3.8) is 0 Å². The fourth-order valence-corrected chi connectivity index (χ4v) is 5.29. The number of carboxylic acids is 1. The van der Waals surface area contributed by atoms with Gasteiger partial charge in [-0.05, 0) is 51.4 Å². The molecule has 0 aromatic carbocycles. The van der Waals surface area contributed by atoms with Gasteiger partial charge in [0.2, 0.25) is 0 Å². The highest BCUT2D eigenvalue weighted by Gasteiger charge is 2.31. The average Bonchev–Trinajstić information content (AvgIpc) is 2.84. The van der Waals surface area contributed by atoms with E-state index in [9.17, 15) is 14.7 Å². The van der Waals surface area contributed by atoms with Crippen LogP contribution >= 0.6 is 0 Å². The van der Waals surface area contributed by atoms with Crippen molar-refractivity contribution in [1.82, 2.24) is 0 Å². The van der Waals surface area contributed by atoms with E-state index >= 15 is 0 Å². The molecule has 1 fully saturated rings. The molecule has 0 aliphatic heterocycles. The lowest BCUT2D eigenvalue weighted by Crippen LogP contribution is -2.29. The van der Waals surface area contributed by atoms with Gasteiger partial charge in [-0.15, -0.1) is 0 Å². The van der Waals surface area contributed by atoms with E-state index in [-0.39, 0.29) is 23.9 Å². The predicted molar refractivity (Wildman–Crippen MR) is 142 cm³/mol. The van der Waals surface area contributed by atoms with Crippen LogP contribution in [-0.4, -0.2) is 23.1 Å². The number of carbonyl (C=O) groups is 2. The van der Waals surface area contributed by atoms with Crippen LogP contribution in [-0.2, 0) is 14.3 Å². The first-order valence-electron chi connectivity index (χ1n) is 15.0. The van der Waals surface area contributed by atoms with Gasteiger partial charge < -0.3 is 9.84 Å². The molecule has 0 spiro atoms. The van der Waals surface area contributed by atoms with Gasteiger partial charge in [-0.25, -0.2) is 0 Å². The Bertz CT molecular complexity index is 496. The molecule has 200 valence electrons. The van der Waals surface area contributed by atoms with Gasteiger partial charge in [-0.3, -0.25) is 9.59 Å². The minimum absolute atomic E-state index is 0.0503. The van der Waals surface area contributed by atoms with Gasteiger partial charge in [0.25, 0.3) is 0 Å². The number of carboxylic acid groups (broad SMARTS) is 1. The molecule has 0 amide bonds. The first kappa shape index (κ1) is 31.0. The number of hydrogen-bond donors (Lipinski definition) is 1. The van der Waals surface area contributed by atoms with Crippen LogP contribution in [0.25, 0.3) is 0 Å². The third-order valence-corrected chi connectivity index (χ3v) is 7.70. The lowest BCUT2D eigenvalue weighted by Gasteiger charge is -2.27. The fraction of sp³-hybridized carbons (Fsp3) is 0.933. The second kappa shape index (κ2) is 21.2. The van der Waals surface area contributed by atoms with Crippen molar-refractivity contribution in [3.8, 4) is 0 Å². The molecule has 1 N–H and O–H groups in total. The molecule has 1 aliphatic rings. The zero-order valence-electron chi connectivity index (χ0n) is 22.7. The zero-order chi connectivity index (χ0) is 24.9. The van der Waals surface area contributed by atoms with Crippen LogP contribution in [0.4, 0.5) is 0 Å². The molecule has 0 heterocycles. The quantitative estimate of drug-likeness (QED) is 0.124. The third-order valence-electron chi connectivity index (χ3n) is 7.70. The van der Waals surface area contributed by atoms with Crippen LogP contribution in [0.1, 0.15) is 162 Å².